The molecule has 2 aromatic heterocycles. The van der Waals surface area contributed by atoms with Gasteiger partial charge in [0.15, 0.2) is 0 Å². The van der Waals surface area contributed by atoms with Crippen LogP contribution >= 0.6 is 0 Å². The highest BCUT2D eigenvalue weighted by Gasteiger charge is 2.27. The summed E-state index contributed by atoms with van der Waals surface area (Å²) in [4.78, 5) is 2.53. The second-order valence-corrected chi connectivity index (χ2v) is 6.38. The molecule has 1 fully saturated rings. The van der Waals surface area contributed by atoms with Crippen molar-refractivity contribution in [3.05, 3.63) is 35.4 Å². The lowest BCUT2D eigenvalue weighted by atomic mass is 10.1. The Kier molecular flexibility index (Phi) is 3.92. The van der Waals surface area contributed by atoms with Crippen LogP contribution in [0.4, 0.5) is 0 Å². The molecule has 1 atom stereocenters. The Morgan fingerprint density at radius 3 is 2.87 bits per heavy atom. The van der Waals surface area contributed by atoms with E-state index in [1.165, 1.54) is 5.69 Å². The SMILES string of the molecule is Cn1nccc1C(O)c1cc2n(n1)CCN(C1CCOCC1)C2. The number of hydrogen-bond donors (Lipinski definition) is 1. The molecule has 0 amide bonds. The highest BCUT2D eigenvalue weighted by Crippen LogP contribution is 2.25. The molecule has 7 nitrogen and oxygen atoms in total. The molecular formula is C16H23N5O2. The van der Waals surface area contributed by atoms with Gasteiger partial charge in [-0.2, -0.15) is 10.2 Å². The molecule has 2 aliphatic rings. The highest BCUT2D eigenvalue weighted by molar-refractivity contribution is 5.22. The van der Waals surface area contributed by atoms with Crippen molar-refractivity contribution in [1.82, 2.24) is 24.5 Å². The Morgan fingerprint density at radius 1 is 1.30 bits per heavy atom. The molecule has 0 aromatic carbocycles. The Labute approximate surface area is 135 Å². The van der Waals surface area contributed by atoms with Gasteiger partial charge < -0.3 is 9.84 Å². The van der Waals surface area contributed by atoms with Crippen molar-refractivity contribution in [2.45, 2.75) is 38.1 Å². The maximum Gasteiger partial charge on any atom is 0.139 e. The van der Waals surface area contributed by atoms with Crippen LogP contribution in [0.5, 0.6) is 0 Å². The molecule has 0 radical (unpaired) electrons. The van der Waals surface area contributed by atoms with Gasteiger partial charge in [-0.05, 0) is 25.0 Å². The molecule has 1 N–H and O–H groups in total. The standard InChI is InChI=1S/C16H23N5O2/c1-19-15(2-5-17-19)16(22)14-10-13-11-20(6-7-21(13)18-14)12-3-8-23-9-4-12/h2,5,10,12,16,22H,3-4,6-9,11H2,1H3. The Balaban J connectivity index is 1.52. The zero-order valence-corrected chi connectivity index (χ0v) is 13.4. The van der Waals surface area contributed by atoms with Crippen LogP contribution in [0.3, 0.4) is 0 Å². The number of aliphatic hydroxyl groups is 1. The molecular weight excluding hydrogens is 294 g/mol. The zero-order valence-electron chi connectivity index (χ0n) is 13.4. The van der Waals surface area contributed by atoms with E-state index in [0.29, 0.717) is 11.7 Å². The lowest BCUT2D eigenvalue weighted by Gasteiger charge is -2.36. The molecule has 0 saturated carbocycles. The summed E-state index contributed by atoms with van der Waals surface area (Å²) in [7, 11) is 1.83. The van der Waals surface area contributed by atoms with Gasteiger partial charge in [0.2, 0.25) is 0 Å². The van der Waals surface area contributed by atoms with Crippen molar-refractivity contribution in [2.24, 2.45) is 7.05 Å². The third-order valence-corrected chi connectivity index (χ3v) is 4.97. The second-order valence-electron chi connectivity index (χ2n) is 6.38. The lowest BCUT2D eigenvalue weighted by molar-refractivity contribution is 0.0232. The van der Waals surface area contributed by atoms with Gasteiger partial charge in [0.05, 0.1) is 23.6 Å². The van der Waals surface area contributed by atoms with Crippen LogP contribution in [0, 0.1) is 0 Å². The first-order valence-electron chi connectivity index (χ1n) is 8.27. The summed E-state index contributed by atoms with van der Waals surface area (Å²) in [5.41, 5.74) is 2.65. The van der Waals surface area contributed by atoms with Gasteiger partial charge in [0, 0.05) is 45.6 Å². The van der Waals surface area contributed by atoms with Gasteiger partial charge in [-0.1, -0.05) is 0 Å². The first-order valence-corrected chi connectivity index (χ1v) is 8.27. The zero-order chi connectivity index (χ0) is 15.8. The van der Waals surface area contributed by atoms with Gasteiger partial charge in [-0.15, -0.1) is 0 Å². The van der Waals surface area contributed by atoms with Crippen LogP contribution < -0.4 is 0 Å². The van der Waals surface area contributed by atoms with Crippen molar-refractivity contribution in [3.8, 4) is 0 Å². The second kappa shape index (κ2) is 6.07. The number of aryl methyl sites for hydroxylation is 1. The van der Waals surface area contributed by atoms with Gasteiger partial charge >= 0.3 is 0 Å². The molecule has 1 unspecified atom stereocenters. The molecule has 0 spiro atoms. The van der Waals surface area contributed by atoms with Crippen molar-refractivity contribution in [1.29, 1.82) is 0 Å². The fourth-order valence-electron chi connectivity index (χ4n) is 3.61. The van der Waals surface area contributed by atoms with E-state index >= 15 is 0 Å². The normalized spacial score (nSPS) is 21.3. The van der Waals surface area contributed by atoms with E-state index in [9.17, 15) is 5.11 Å². The van der Waals surface area contributed by atoms with Gasteiger partial charge in [-0.25, -0.2) is 0 Å². The Bertz CT molecular complexity index is 674. The fourth-order valence-corrected chi connectivity index (χ4v) is 3.61. The minimum Gasteiger partial charge on any atom is -0.381 e. The average Bonchev–Trinajstić information content (AvgIpc) is 3.20. The van der Waals surface area contributed by atoms with Crippen LogP contribution in [0.2, 0.25) is 0 Å². The number of hydrogen-bond acceptors (Lipinski definition) is 5. The topological polar surface area (TPSA) is 68.3 Å². The number of aliphatic hydroxyl groups excluding tert-OH is 1. The van der Waals surface area contributed by atoms with E-state index < -0.39 is 6.10 Å². The highest BCUT2D eigenvalue weighted by atomic mass is 16.5. The van der Waals surface area contributed by atoms with E-state index in [1.54, 1.807) is 10.9 Å². The summed E-state index contributed by atoms with van der Waals surface area (Å²) >= 11 is 0. The predicted octanol–water partition coefficient (Wildman–Crippen LogP) is 0.693. The summed E-state index contributed by atoms with van der Waals surface area (Å²) in [5.74, 6) is 0. The lowest BCUT2D eigenvalue weighted by Crippen LogP contribution is -2.43. The molecule has 2 aromatic rings. The van der Waals surface area contributed by atoms with Crippen LogP contribution in [0.15, 0.2) is 18.3 Å². The van der Waals surface area contributed by atoms with E-state index in [2.05, 4.69) is 15.1 Å². The number of rotatable bonds is 3. The average molecular weight is 317 g/mol. The van der Waals surface area contributed by atoms with Gasteiger partial charge in [-0.3, -0.25) is 14.3 Å². The first kappa shape index (κ1) is 14.9. The summed E-state index contributed by atoms with van der Waals surface area (Å²) in [5, 5.41) is 19.3. The molecule has 1 saturated heterocycles. The van der Waals surface area contributed by atoms with Crippen LogP contribution in [-0.4, -0.2) is 55.4 Å². The van der Waals surface area contributed by atoms with Crippen LogP contribution in [0.1, 0.15) is 36.0 Å². The first-order chi connectivity index (χ1) is 11.2. The van der Waals surface area contributed by atoms with Crippen molar-refractivity contribution in [3.63, 3.8) is 0 Å². The Hall–Kier alpha value is -1.70. The Morgan fingerprint density at radius 2 is 2.13 bits per heavy atom. The fraction of sp³-hybridized carbons (Fsp3) is 0.625. The van der Waals surface area contributed by atoms with E-state index in [-0.39, 0.29) is 0 Å². The van der Waals surface area contributed by atoms with Crippen molar-refractivity contribution in [2.75, 3.05) is 19.8 Å². The summed E-state index contributed by atoms with van der Waals surface area (Å²) in [6, 6.07) is 4.47. The van der Waals surface area contributed by atoms with Gasteiger partial charge in [0.25, 0.3) is 0 Å². The van der Waals surface area contributed by atoms with Gasteiger partial charge in [0.1, 0.15) is 6.10 Å². The molecule has 0 bridgehead atoms. The number of aromatic nitrogens is 4. The predicted molar refractivity (Wildman–Crippen MR) is 83.7 cm³/mol. The maximum atomic E-state index is 10.6. The number of nitrogens with zero attached hydrogens (tertiary/aromatic N) is 5. The molecule has 4 rings (SSSR count). The van der Waals surface area contributed by atoms with Crippen LogP contribution in [0.25, 0.3) is 0 Å². The van der Waals surface area contributed by atoms with Crippen molar-refractivity contribution < 1.29 is 9.84 Å². The van der Waals surface area contributed by atoms with E-state index in [1.807, 2.05) is 23.9 Å². The maximum absolute atomic E-state index is 10.6. The van der Waals surface area contributed by atoms with E-state index in [4.69, 9.17) is 4.74 Å². The third-order valence-electron chi connectivity index (χ3n) is 4.97. The summed E-state index contributed by atoms with van der Waals surface area (Å²) in [6.45, 7) is 4.52. The largest absolute Gasteiger partial charge is 0.381 e. The molecule has 124 valence electrons. The molecule has 23 heavy (non-hydrogen) atoms. The third kappa shape index (κ3) is 2.80. The van der Waals surface area contributed by atoms with E-state index in [0.717, 1.165) is 51.4 Å². The number of fused-ring (bicyclic) bond motifs is 1. The number of ether oxygens (including phenoxy) is 1. The van der Waals surface area contributed by atoms with Crippen LogP contribution in [-0.2, 0) is 24.9 Å². The minimum absolute atomic E-state index is 0.609. The summed E-state index contributed by atoms with van der Waals surface area (Å²) in [6.07, 6.45) is 3.19. The quantitative estimate of drug-likeness (QED) is 0.902. The molecule has 0 aliphatic carbocycles. The van der Waals surface area contributed by atoms with Crippen molar-refractivity contribution >= 4 is 0 Å². The molecule has 4 heterocycles. The molecule has 2 aliphatic heterocycles. The minimum atomic E-state index is -0.725. The summed E-state index contributed by atoms with van der Waals surface area (Å²) < 4.78 is 9.19. The molecule has 7 heteroatoms. The monoisotopic (exact) mass is 317 g/mol. The smallest absolute Gasteiger partial charge is 0.139 e.